The van der Waals surface area contributed by atoms with Gasteiger partial charge in [0.2, 0.25) is 0 Å². The molecule has 0 radical (unpaired) electrons. The van der Waals surface area contributed by atoms with Crippen LogP contribution in [0.15, 0.2) is 17.7 Å². The maximum Gasteiger partial charge on any atom is 0.125 e. The Bertz CT molecular complexity index is 237. The van der Waals surface area contributed by atoms with Crippen LogP contribution in [0.5, 0.6) is 0 Å². The van der Waals surface area contributed by atoms with Crippen LogP contribution in [0.25, 0.3) is 0 Å². The Labute approximate surface area is 99.4 Å². The number of unbranched alkanes of at least 4 members (excludes halogenated alkanes) is 4. The maximum absolute atomic E-state index is 10.2. The summed E-state index contributed by atoms with van der Waals surface area (Å²) in [5, 5.41) is 0. The Kier molecular flexibility index (Phi) is 10.1. The predicted molar refractivity (Wildman–Crippen MR) is 68.2 cm³/mol. The molecule has 0 heterocycles. The fourth-order valence-corrected chi connectivity index (χ4v) is 1.32. The third kappa shape index (κ3) is 9.70. The van der Waals surface area contributed by atoms with E-state index in [0.29, 0.717) is 12.2 Å². The third-order valence-corrected chi connectivity index (χ3v) is 2.37. The first-order valence-corrected chi connectivity index (χ1v) is 6.19. The number of hydrogen-bond donors (Lipinski definition) is 0. The molecule has 0 saturated carbocycles. The molecule has 0 bridgehead atoms. The summed E-state index contributed by atoms with van der Waals surface area (Å²) < 4.78 is 5.44. The number of hydrogen-bond acceptors (Lipinski definition) is 2. The lowest BCUT2D eigenvalue weighted by atomic mass is 10.1. The highest BCUT2D eigenvalue weighted by Crippen LogP contribution is 2.04. The van der Waals surface area contributed by atoms with Gasteiger partial charge in [0.15, 0.2) is 0 Å². The molecule has 0 aromatic rings. The molecule has 1 unspecified atom stereocenters. The zero-order chi connectivity index (χ0) is 12.2. The Morgan fingerprint density at radius 2 is 2.12 bits per heavy atom. The van der Waals surface area contributed by atoms with Gasteiger partial charge in [0, 0.05) is 5.57 Å². The van der Waals surface area contributed by atoms with Crippen LogP contribution in [-0.2, 0) is 9.53 Å². The van der Waals surface area contributed by atoms with Crippen molar-refractivity contribution in [3.05, 3.63) is 17.7 Å². The van der Waals surface area contributed by atoms with E-state index in [1.807, 2.05) is 12.9 Å². The highest BCUT2D eigenvalue weighted by Gasteiger charge is 1.97. The summed E-state index contributed by atoms with van der Waals surface area (Å²) in [6.07, 6.45) is 10.6. The minimum absolute atomic E-state index is 0.0782. The van der Waals surface area contributed by atoms with Gasteiger partial charge < -0.3 is 4.74 Å². The van der Waals surface area contributed by atoms with E-state index in [-0.39, 0.29) is 6.10 Å². The summed E-state index contributed by atoms with van der Waals surface area (Å²) >= 11 is 0. The first kappa shape index (κ1) is 15.2. The van der Waals surface area contributed by atoms with Crippen LogP contribution < -0.4 is 0 Å². The van der Waals surface area contributed by atoms with E-state index in [2.05, 4.69) is 19.1 Å². The number of rotatable bonds is 9. The molecule has 16 heavy (non-hydrogen) atoms. The largest absolute Gasteiger partial charge is 0.369 e. The molecule has 92 valence electrons. The lowest BCUT2D eigenvalue weighted by Gasteiger charge is -2.07. The standard InChI is InChI=1S/C14H24O2/c1-4-5-6-7-8-9-10-14(3)16-12-13(2)11-15/h9-10,14H,4-8,12H2,1-3H3. The van der Waals surface area contributed by atoms with E-state index in [0.717, 1.165) is 6.42 Å². The molecule has 0 aromatic heterocycles. The van der Waals surface area contributed by atoms with Crippen molar-refractivity contribution in [1.82, 2.24) is 0 Å². The second-order valence-electron chi connectivity index (χ2n) is 4.18. The molecule has 0 aliphatic heterocycles. The number of carbonyl (C=O) groups excluding carboxylic acids is 1. The average molecular weight is 224 g/mol. The predicted octanol–water partition coefficient (Wildman–Crippen LogP) is 3.70. The van der Waals surface area contributed by atoms with E-state index in [1.165, 1.54) is 25.7 Å². The monoisotopic (exact) mass is 224 g/mol. The fraction of sp³-hybridized carbons (Fsp3) is 0.714. The normalized spacial score (nSPS) is 12.7. The zero-order valence-electron chi connectivity index (χ0n) is 10.8. The average Bonchev–Trinajstić information content (AvgIpc) is 2.30. The third-order valence-electron chi connectivity index (χ3n) is 2.37. The summed E-state index contributed by atoms with van der Waals surface area (Å²) in [5.41, 5.74) is 0.614. The molecule has 0 rings (SSSR count). The van der Waals surface area contributed by atoms with Crippen molar-refractivity contribution in [2.24, 2.45) is 0 Å². The van der Waals surface area contributed by atoms with E-state index < -0.39 is 0 Å². The second kappa shape index (κ2) is 10.7. The van der Waals surface area contributed by atoms with Gasteiger partial charge >= 0.3 is 0 Å². The van der Waals surface area contributed by atoms with E-state index in [9.17, 15) is 4.79 Å². The summed E-state index contributed by atoms with van der Waals surface area (Å²) in [4.78, 5) is 10.2. The topological polar surface area (TPSA) is 26.3 Å². The molecule has 1 atom stereocenters. The molecule has 0 aliphatic carbocycles. The van der Waals surface area contributed by atoms with Gasteiger partial charge in [0.1, 0.15) is 5.94 Å². The lowest BCUT2D eigenvalue weighted by molar-refractivity contribution is 0.118. The molecule has 2 heteroatoms. The van der Waals surface area contributed by atoms with Gasteiger partial charge in [0.25, 0.3) is 0 Å². The first-order chi connectivity index (χ1) is 7.70. The van der Waals surface area contributed by atoms with Gasteiger partial charge in [-0.05, 0) is 26.7 Å². The zero-order valence-corrected chi connectivity index (χ0v) is 10.8. The Hall–Kier alpha value is -0.850. The SMILES string of the molecule is CCCCCCC=CC(C)OCC(C)=C=O. The molecular weight excluding hydrogens is 200 g/mol. The van der Waals surface area contributed by atoms with Crippen molar-refractivity contribution >= 4 is 5.94 Å². The Morgan fingerprint density at radius 3 is 2.75 bits per heavy atom. The van der Waals surface area contributed by atoms with Crippen molar-refractivity contribution in [2.75, 3.05) is 6.61 Å². The van der Waals surface area contributed by atoms with Gasteiger partial charge in [0.05, 0.1) is 12.7 Å². The molecule has 0 fully saturated rings. The van der Waals surface area contributed by atoms with E-state index in [4.69, 9.17) is 4.74 Å². The second-order valence-corrected chi connectivity index (χ2v) is 4.18. The summed E-state index contributed by atoms with van der Waals surface area (Å²) in [5.74, 6) is 1.83. The fourth-order valence-electron chi connectivity index (χ4n) is 1.32. The Balaban J connectivity index is 3.50. The molecule has 0 aliphatic rings. The maximum atomic E-state index is 10.2. The van der Waals surface area contributed by atoms with Crippen molar-refractivity contribution in [1.29, 1.82) is 0 Å². The smallest absolute Gasteiger partial charge is 0.125 e. The molecule has 0 spiro atoms. The summed E-state index contributed by atoms with van der Waals surface area (Å²) in [7, 11) is 0. The van der Waals surface area contributed by atoms with Crippen molar-refractivity contribution < 1.29 is 9.53 Å². The van der Waals surface area contributed by atoms with Crippen LogP contribution in [0.1, 0.15) is 52.9 Å². The van der Waals surface area contributed by atoms with Crippen molar-refractivity contribution in [3.8, 4) is 0 Å². The molecule has 0 aromatic carbocycles. The number of allylic oxidation sites excluding steroid dienone is 1. The lowest BCUT2D eigenvalue weighted by Crippen LogP contribution is -2.06. The summed E-state index contributed by atoms with van der Waals surface area (Å²) in [6, 6.07) is 0. The quantitative estimate of drug-likeness (QED) is 0.339. The Morgan fingerprint density at radius 1 is 1.38 bits per heavy atom. The minimum Gasteiger partial charge on any atom is -0.369 e. The first-order valence-electron chi connectivity index (χ1n) is 6.19. The van der Waals surface area contributed by atoms with E-state index >= 15 is 0 Å². The van der Waals surface area contributed by atoms with E-state index in [1.54, 1.807) is 6.92 Å². The van der Waals surface area contributed by atoms with Gasteiger partial charge in [-0.1, -0.05) is 38.3 Å². The van der Waals surface area contributed by atoms with Gasteiger partial charge in [-0.25, -0.2) is 4.79 Å². The molecule has 2 nitrogen and oxygen atoms in total. The van der Waals surface area contributed by atoms with Crippen LogP contribution in [-0.4, -0.2) is 18.7 Å². The summed E-state index contributed by atoms with van der Waals surface area (Å²) in [6.45, 7) is 6.31. The number of ether oxygens (including phenoxy) is 1. The highest BCUT2D eigenvalue weighted by molar-refractivity contribution is 5.51. The van der Waals surface area contributed by atoms with Crippen LogP contribution >= 0.6 is 0 Å². The van der Waals surface area contributed by atoms with Crippen LogP contribution in [0.2, 0.25) is 0 Å². The minimum atomic E-state index is 0.0782. The highest BCUT2D eigenvalue weighted by atomic mass is 16.5. The van der Waals surface area contributed by atoms with Crippen molar-refractivity contribution in [2.45, 2.75) is 59.0 Å². The molecule has 0 amide bonds. The van der Waals surface area contributed by atoms with Gasteiger partial charge in [-0.15, -0.1) is 0 Å². The van der Waals surface area contributed by atoms with Gasteiger partial charge in [-0.3, -0.25) is 0 Å². The molecule has 0 N–H and O–H groups in total. The van der Waals surface area contributed by atoms with Crippen LogP contribution in [0.4, 0.5) is 0 Å². The molecule has 0 saturated heterocycles. The van der Waals surface area contributed by atoms with Crippen molar-refractivity contribution in [3.63, 3.8) is 0 Å². The molecular formula is C14H24O2. The van der Waals surface area contributed by atoms with Gasteiger partial charge in [-0.2, -0.15) is 0 Å². The van der Waals surface area contributed by atoms with Crippen LogP contribution in [0, 0.1) is 0 Å². The van der Waals surface area contributed by atoms with Crippen LogP contribution in [0.3, 0.4) is 0 Å².